The molecule has 0 saturated heterocycles. The van der Waals surface area contributed by atoms with Crippen LogP contribution in [0.3, 0.4) is 0 Å². The van der Waals surface area contributed by atoms with Crippen molar-refractivity contribution >= 4 is 5.91 Å². The molecular formula is C15H21NO3. The lowest BCUT2D eigenvalue weighted by Gasteiger charge is -2.31. The first-order valence-corrected chi connectivity index (χ1v) is 6.87. The molecule has 104 valence electrons. The molecule has 0 radical (unpaired) electrons. The van der Waals surface area contributed by atoms with Crippen LogP contribution in [-0.4, -0.2) is 18.6 Å². The van der Waals surface area contributed by atoms with Gasteiger partial charge in [-0.15, -0.1) is 0 Å². The fraction of sp³-hybridized carbons (Fsp3) is 0.533. The van der Waals surface area contributed by atoms with Gasteiger partial charge in [0, 0.05) is 12.3 Å². The fourth-order valence-electron chi connectivity index (χ4n) is 2.41. The van der Waals surface area contributed by atoms with Crippen molar-refractivity contribution in [2.45, 2.75) is 38.7 Å². The number of unbranched alkanes of at least 4 members (excludes halogenated alkanes) is 1. The maximum Gasteiger partial charge on any atom is 0.217 e. The zero-order chi connectivity index (χ0) is 13.7. The number of benzene rings is 1. The van der Waals surface area contributed by atoms with Crippen LogP contribution >= 0.6 is 0 Å². The molecule has 4 heteroatoms. The first-order valence-electron chi connectivity index (χ1n) is 6.87. The molecule has 1 amide bonds. The molecule has 1 aromatic carbocycles. The minimum atomic E-state index is -0.274. The van der Waals surface area contributed by atoms with Gasteiger partial charge in [-0.25, -0.2) is 0 Å². The third-order valence-corrected chi connectivity index (χ3v) is 3.45. The number of carbonyl (C=O) groups excluding carboxylic acids is 1. The molecule has 1 aliphatic rings. The van der Waals surface area contributed by atoms with E-state index in [1.165, 1.54) is 0 Å². The second-order valence-corrected chi connectivity index (χ2v) is 4.99. The molecule has 0 aliphatic carbocycles. The van der Waals surface area contributed by atoms with Crippen LogP contribution in [0.4, 0.5) is 0 Å². The highest BCUT2D eigenvalue weighted by atomic mass is 16.6. The molecular weight excluding hydrogens is 242 g/mol. The summed E-state index contributed by atoms with van der Waals surface area (Å²) >= 11 is 0. The van der Waals surface area contributed by atoms with Gasteiger partial charge in [-0.1, -0.05) is 31.9 Å². The predicted molar refractivity (Wildman–Crippen MR) is 73.2 cm³/mol. The maximum absolute atomic E-state index is 11.2. The molecule has 0 spiro atoms. The number of hydrogen-bond acceptors (Lipinski definition) is 3. The van der Waals surface area contributed by atoms with Crippen molar-refractivity contribution in [1.82, 2.24) is 0 Å². The summed E-state index contributed by atoms with van der Waals surface area (Å²) in [7, 11) is 0. The van der Waals surface area contributed by atoms with Crippen LogP contribution < -0.4 is 15.2 Å². The lowest BCUT2D eigenvalue weighted by molar-refractivity contribution is -0.120. The summed E-state index contributed by atoms with van der Waals surface area (Å²) in [6.07, 6.45) is 3.37. The van der Waals surface area contributed by atoms with Gasteiger partial charge in [-0.05, 0) is 18.6 Å². The van der Waals surface area contributed by atoms with Crippen molar-refractivity contribution in [3.05, 3.63) is 24.3 Å². The third-order valence-electron chi connectivity index (χ3n) is 3.45. The highest BCUT2D eigenvalue weighted by Gasteiger charge is 2.29. The molecule has 19 heavy (non-hydrogen) atoms. The highest BCUT2D eigenvalue weighted by Crippen LogP contribution is 2.34. The minimum absolute atomic E-state index is 0.0889. The van der Waals surface area contributed by atoms with Crippen molar-refractivity contribution in [1.29, 1.82) is 0 Å². The van der Waals surface area contributed by atoms with Crippen LogP contribution in [0.15, 0.2) is 24.3 Å². The van der Waals surface area contributed by atoms with Gasteiger partial charge in [0.2, 0.25) is 5.91 Å². The number of amides is 1. The van der Waals surface area contributed by atoms with E-state index in [1.54, 1.807) is 0 Å². The molecule has 0 aromatic heterocycles. The van der Waals surface area contributed by atoms with Crippen molar-refractivity contribution in [3.8, 4) is 11.5 Å². The zero-order valence-corrected chi connectivity index (χ0v) is 11.3. The van der Waals surface area contributed by atoms with Gasteiger partial charge in [-0.2, -0.15) is 0 Å². The molecule has 0 bridgehead atoms. The van der Waals surface area contributed by atoms with Crippen LogP contribution in [-0.2, 0) is 4.79 Å². The van der Waals surface area contributed by atoms with E-state index in [0.717, 1.165) is 30.8 Å². The van der Waals surface area contributed by atoms with E-state index in [-0.39, 0.29) is 17.9 Å². The summed E-state index contributed by atoms with van der Waals surface area (Å²) in [6, 6.07) is 7.61. The Labute approximate surface area is 113 Å². The van der Waals surface area contributed by atoms with Crippen molar-refractivity contribution in [2.75, 3.05) is 6.61 Å². The van der Waals surface area contributed by atoms with Gasteiger partial charge in [0.1, 0.15) is 12.7 Å². The Morgan fingerprint density at radius 2 is 2.16 bits per heavy atom. The largest absolute Gasteiger partial charge is 0.486 e. The lowest BCUT2D eigenvalue weighted by Crippen LogP contribution is -2.38. The van der Waals surface area contributed by atoms with Gasteiger partial charge in [0.15, 0.2) is 11.5 Å². The van der Waals surface area contributed by atoms with E-state index in [4.69, 9.17) is 15.2 Å². The second-order valence-electron chi connectivity index (χ2n) is 4.99. The van der Waals surface area contributed by atoms with Gasteiger partial charge in [-0.3, -0.25) is 4.79 Å². The van der Waals surface area contributed by atoms with Crippen LogP contribution in [0.2, 0.25) is 0 Å². The number of ether oxygens (including phenoxy) is 2. The topological polar surface area (TPSA) is 61.6 Å². The molecule has 1 heterocycles. The normalized spacial score (nSPS) is 18.9. The summed E-state index contributed by atoms with van der Waals surface area (Å²) in [6.45, 7) is 2.62. The first-order chi connectivity index (χ1) is 9.20. The Morgan fingerprint density at radius 3 is 2.84 bits per heavy atom. The summed E-state index contributed by atoms with van der Waals surface area (Å²) in [5.74, 6) is 1.38. The summed E-state index contributed by atoms with van der Waals surface area (Å²) in [5, 5.41) is 0. The standard InChI is InChI=1S/C15H21NO3/c1-2-3-6-11(9-15(16)17)14-10-18-12-7-4-5-8-13(12)19-14/h4-5,7-8,11,14H,2-3,6,9-10H2,1H3,(H2,16,17). The van der Waals surface area contributed by atoms with Crippen LogP contribution in [0.1, 0.15) is 32.6 Å². The van der Waals surface area contributed by atoms with Crippen LogP contribution in [0, 0.1) is 5.92 Å². The van der Waals surface area contributed by atoms with E-state index < -0.39 is 0 Å². The number of hydrogen-bond donors (Lipinski definition) is 1. The number of carbonyl (C=O) groups is 1. The van der Waals surface area contributed by atoms with Crippen molar-refractivity contribution in [2.24, 2.45) is 11.7 Å². The van der Waals surface area contributed by atoms with Gasteiger partial charge in [0.25, 0.3) is 0 Å². The van der Waals surface area contributed by atoms with Crippen molar-refractivity contribution in [3.63, 3.8) is 0 Å². The van der Waals surface area contributed by atoms with E-state index in [1.807, 2.05) is 24.3 Å². The van der Waals surface area contributed by atoms with Gasteiger partial charge in [0.05, 0.1) is 0 Å². The molecule has 0 saturated carbocycles. The highest BCUT2D eigenvalue weighted by molar-refractivity contribution is 5.74. The number of primary amides is 1. The molecule has 1 aromatic rings. The predicted octanol–water partition coefficient (Wildman–Crippen LogP) is 2.51. The molecule has 0 fully saturated rings. The second kappa shape index (κ2) is 6.45. The fourth-order valence-corrected chi connectivity index (χ4v) is 2.41. The van der Waals surface area contributed by atoms with E-state index in [9.17, 15) is 4.79 Å². The van der Waals surface area contributed by atoms with Crippen LogP contribution in [0.5, 0.6) is 11.5 Å². The minimum Gasteiger partial charge on any atom is -0.486 e. The smallest absolute Gasteiger partial charge is 0.217 e. The Kier molecular flexibility index (Phi) is 4.66. The Balaban J connectivity index is 2.04. The van der Waals surface area contributed by atoms with Gasteiger partial charge < -0.3 is 15.2 Å². The molecule has 4 nitrogen and oxygen atoms in total. The number of fused-ring (bicyclic) bond motifs is 1. The molecule has 2 atom stereocenters. The van der Waals surface area contributed by atoms with Crippen molar-refractivity contribution < 1.29 is 14.3 Å². The molecule has 1 aliphatic heterocycles. The molecule has 2 N–H and O–H groups in total. The molecule has 2 unspecified atom stereocenters. The third kappa shape index (κ3) is 3.63. The Hall–Kier alpha value is -1.71. The van der Waals surface area contributed by atoms with Gasteiger partial charge >= 0.3 is 0 Å². The summed E-state index contributed by atoms with van der Waals surface area (Å²) < 4.78 is 11.7. The maximum atomic E-state index is 11.2. The lowest BCUT2D eigenvalue weighted by atomic mass is 9.92. The number of rotatable bonds is 6. The molecule has 2 rings (SSSR count). The SMILES string of the molecule is CCCCC(CC(N)=O)C1COc2ccccc2O1. The average Bonchev–Trinajstić information content (AvgIpc) is 2.42. The van der Waals surface area contributed by atoms with Crippen LogP contribution in [0.25, 0.3) is 0 Å². The van der Waals surface area contributed by atoms with E-state index >= 15 is 0 Å². The zero-order valence-electron chi connectivity index (χ0n) is 11.3. The quantitative estimate of drug-likeness (QED) is 0.857. The summed E-state index contributed by atoms with van der Waals surface area (Å²) in [4.78, 5) is 11.2. The van der Waals surface area contributed by atoms with E-state index in [2.05, 4.69) is 6.92 Å². The average molecular weight is 263 g/mol. The van der Waals surface area contributed by atoms with E-state index in [0.29, 0.717) is 13.0 Å². The first kappa shape index (κ1) is 13.7. The Bertz CT molecular complexity index is 433. The summed E-state index contributed by atoms with van der Waals surface area (Å²) in [5.41, 5.74) is 5.33. The number of para-hydroxylation sites is 2. The monoisotopic (exact) mass is 263 g/mol. The Morgan fingerprint density at radius 1 is 1.42 bits per heavy atom. The number of nitrogens with two attached hydrogens (primary N) is 1.